The van der Waals surface area contributed by atoms with Gasteiger partial charge in [0.25, 0.3) is 5.91 Å². The molecule has 1 aromatic heterocycles. The Morgan fingerprint density at radius 3 is 2.94 bits per heavy atom. The van der Waals surface area contributed by atoms with Crippen molar-refractivity contribution < 1.29 is 4.79 Å². The molecule has 1 saturated heterocycles. The molecule has 4 nitrogen and oxygen atoms in total. The normalized spacial score (nSPS) is 19.6. The summed E-state index contributed by atoms with van der Waals surface area (Å²) >= 11 is 0. The SMILES string of the molecule is CCC1CCN(C(=O)c2ccc(CN)cn2)C1. The molecule has 4 heteroatoms. The van der Waals surface area contributed by atoms with Crippen LogP contribution in [0.4, 0.5) is 0 Å². The summed E-state index contributed by atoms with van der Waals surface area (Å²) in [6, 6.07) is 3.64. The number of amides is 1. The molecule has 1 unspecified atom stereocenters. The van der Waals surface area contributed by atoms with Gasteiger partial charge >= 0.3 is 0 Å². The molecule has 2 rings (SSSR count). The average molecular weight is 233 g/mol. The van der Waals surface area contributed by atoms with Crippen LogP contribution in [-0.2, 0) is 6.54 Å². The first kappa shape index (κ1) is 12.0. The van der Waals surface area contributed by atoms with E-state index in [0.717, 1.165) is 31.5 Å². The van der Waals surface area contributed by atoms with Gasteiger partial charge in [0.1, 0.15) is 5.69 Å². The van der Waals surface area contributed by atoms with Crippen LogP contribution < -0.4 is 5.73 Å². The molecular weight excluding hydrogens is 214 g/mol. The Bertz CT molecular complexity index is 388. The number of nitrogens with two attached hydrogens (primary N) is 1. The molecule has 0 spiro atoms. The summed E-state index contributed by atoms with van der Waals surface area (Å²) in [5.74, 6) is 0.701. The van der Waals surface area contributed by atoms with Crippen LogP contribution in [0.3, 0.4) is 0 Å². The Hall–Kier alpha value is -1.42. The van der Waals surface area contributed by atoms with E-state index < -0.39 is 0 Å². The van der Waals surface area contributed by atoms with Crippen molar-refractivity contribution in [1.29, 1.82) is 0 Å². The predicted octanol–water partition coefficient (Wildman–Crippen LogP) is 1.41. The van der Waals surface area contributed by atoms with Crippen LogP contribution in [0.25, 0.3) is 0 Å². The van der Waals surface area contributed by atoms with Crippen LogP contribution in [0.15, 0.2) is 18.3 Å². The fraction of sp³-hybridized carbons (Fsp3) is 0.538. The van der Waals surface area contributed by atoms with E-state index in [2.05, 4.69) is 11.9 Å². The standard InChI is InChI=1S/C13H19N3O/c1-2-10-5-6-16(9-10)13(17)12-4-3-11(7-14)8-15-12/h3-4,8,10H,2,5-7,9,14H2,1H3. The summed E-state index contributed by atoms with van der Waals surface area (Å²) in [6.45, 7) is 4.36. The summed E-state index contributed by atoms with van der Waals surface area (Å²) in [4.78, 5) is 18.2. The molecule has 1 aliphatic heterocycles. The first-order valence-electron chi connectivity index (χ1n) is 6.19. The number of aromatic nitrogens is 1. The Labute approximate surface area is 102 Å². The third-order valence-corrected chi connectivity index (χ3v) is 3.43. The quantitative estimate of drug-likeness (QED) is 0.858. The highest BCUT2D eigenvalue weighted by molar-refractivity contribution is 5.92. The van der Waals surface area contributed by atoms with E-state index in [4.69, 9.17) is 5.73 Å². The number of carbonyl (C=O) groups excluding carboxylic acids is 1. The van der Waals surface area contributed by atoms with Gasteiger partial charge in [-0.15, -0.1) is 0 Å². The van der Waals surface area contributed by atoms with Crippen molar-refractivity contribution >= 4 is 5.91 Å². The van der Waals surface area contributed by atoms with Gasteiger partial charge in [0.05, 0.1) is 0 Å². The van der Waals surface area contributed by atoms with Gasteiger partial charge in [-0.05, 0) is 24.0 Å². The van der Waals surface area contributed by atoms with E-state index in [1.54, 1.807) is 12.3 Å². The van der Waals surface area contributed by atoms with Crippen LogP contribution in [0.1, 0.15) is 35.8 Å². The maximum Gasteiger partial charge on any atom is 0.272 e. The molecule has 17 heavy (non-hydrogen) atoms. The van der Waals surface area contributed by atoms with Crippen molar-refractivity contribution in [2.75, 3.05) is 13.1 Å². The van der Waals surface area contributed by atoms with Crippen molar-refractivity contribution in [2.24, 2.45) is 11.7 Å². The summed E-state index contributed by atoms with van der Waals surface area (Å²) < 4.78 is 0. The largest absolute Gasteiger partial charge is 0.337 e. The second-order valence-electron chi connectivity index (χ2n) is 4.57. The second-order valence-corrected chi connectivity index (χ2v) is 4.57. The number of carbonyl (C=O) groups is 1. The molecule has 0 aromatic carbocycles. The molecule has 0 aliphatic carbocycles. The van der Waals surface area contributed by atoms with Gasteiger partial charge in [0.2, 0.25) is 0 Å². The summed E-state index contributed by atoms with van der Waals surface area (Å²) in [6.07, 6.45) is 3.94. The predicted molar refractivity (Wildman–Crippen MR) is 66.4 cm³/mol. The molecule has 1 amide bonds. The highest BCUT2D eigenvalue weighted by atomic mass is 16.2. The minimum Gasteiger partial charge on any atom is -0.337 e. The lowest BCUT2D eigenvalue weighted by Crippen LogP contribution is -2.29. The second kappa shape index (κ2) is 5.27. The first-order valence-corrected chi connectivity index (χ1v) is 6.19. The van der Waals surface area contributed by atoms with Crippen molar-refractivity contribution in [3.8, 4) is 0 Å². The number of nitrogens with zero attached hydrogens (tertiary/aromatic N) is 2. The zero-order valence-corrected chi connectivity index (χ0v) is 10.2. The van der Waals surface area contributed by atoms with E-state index >= 15 is 0 Å². The Morgan fingerprint density at radius 1 is 1.59 bits per heavy atom. The molecule has 1 aromatic rings. The number of pyridine rings is 1. The van der Waals surface area contributed by atoms with Crippen LogP contribution in [-0.4, -0.2) is 28.9 Å². The molecule has 0 saturated carbocycles. The molecular formula is C13H19N3O. The van der Waals surface area contributed by atoms with Gasteiger partial charge in [-0.2, -0.15) is 0 Å². The van der Waals surface area contributed by atoms with Crippen molar-refractivity contribution in [3.05, 3.63) is 29.6 Å². The topological polar surface area (TPSA) is 59.2 Å². The number of hydrogen-bond acceptors (Lipinski definition) is 3. The molecule has 0 radical (unpaired) electrons. The van der Waals surface area contributed by atoms with E-state index in [1.165, 1.54) is 0 Å². The maximum absolute atomic E-state index is 12.1. The molecule has 1 fully saturated rings. The van der Waals surface area contributed by atoms with Gasteiger partial charge in [0.15, 0.2) is 0 Å². The van der Waals surface area contributed by atoms with Gasteiger partial charge in [-0.1, -0.05) is 19.4 Å². The minimum atomic E-state index is 0.0459. The Morgan fingerprint density at radius 2 is 2.41 bits per heavy atom. The lowest BCUT2D eigenvalue weighted by atomic mass is 10.1. The van der Waals surface area contributed by atoms with E-state index in [-0.39, 0.29) is 5.91 Å². The Balaban J connectivity index is 2.04. The van der Waals surface area contributed by atoms with Crippen LogP contribution in [0.5, 0.6) is 0 Å². The Kier molecular flexibility index (Phi) is 3.74. The number of rotatable bonds is 3. The van der Waals surface area contributed by atoms with Crippen molar-refractivity contribution in [2.45, 2.75) is 26.3 Å². The first-order chi connectivity index (χ1) is 8.24. The van der Waals surface area contributed by atoms with E-state index in [0.29, 0.717) is 18.2 Å². The summed E-state index contributed by atoms with van der Waals surface area (Å²) in [5.41, 5.74) is 6.98. The van der Waals surface area contributed by atoms with Gasteiger partial charge < -0.3 is 10.6 Å². The smallest absolute Gasteiger partial charge is 0.272 e. The fourth-order valence-electron chi connectivity index (χ4n) is 2.18. The molecule has 2 N–H and O–H groups in total. The highest BCUT2D eigenvalue weighted by Gasteiger charge is 2.26. The minimum absolute atomic E-state index is 0.0459. The lowest BCUT2D eigenvalue weighted by Gasteiger charge is -2.15. The third-order valence-electron chi connectivity index (χ3n) is 3.43. The van der Waals surface area contributed by atoms with Gasteiger partial charge in [-0.25, -0.2) is 0 Å². The van der Waals surface area contributed by atoms with E-state index in [9.17, 15) is 4.79 Å². The van der Waals surface area contributed by atoms with Gasteiger partial charge in [0, 0.05) is 25.8 Å². The number of likely N-dealkylation sites (tertiary alicyclic amines) is 1. The van der Waals surface area contributed by atoms with E-state index in [1.807, 2.05) is 11.0 Å². The third kappa shape index (κ3) is 2.64. The molecule has 0 bridgehead atoms. The molecule has 2 heterocycles. The maximum atomic E-state index is 12.1. The summed E-state index contributed by atoms with van der Waals surface area (Å²) in [7, 11) is 0. The van der Waals surface area contributed by atoms with Crippen LogP contribution in [0.2, 0.25) is 0 Å². The zero-order chi connectivity index (χ0) is 12.3. The molecule has 1 aliphatic rings. The molecule has 1 atom stereocenters. The average Bonchev–Trinajstić information content (AvgIpc) is 2.87. The zero-order valence-electron chi connectivity index (χ0n) is 10.2. The van der Waals surface area contributed by atoms with Crippen molar-refractivity contribution in [3.63, 3.8) is 0 Å². The monoisotopic (exact) mass is 233 g/mol. The van der Waals surface area contributed by atoms with Crippen LogP contribution in [0, 0.1) is 5.92 Å². The lowest BCUT2D eigenvalue weighted by molar-refractivity contribution is 0.0781. The highest BCUT2D eigenvalue weighted by Crippen LogP contribution is 2.20. The van der Waals surface area contributed by atoms with Crippen LogP contribution >= 0.6 is 0 Å². The van der Waals surface area contributed by atoms with Crippen molar-refractivity contribution in [1.82, 2.24) is 9.88 Å². The summed E-state index contributed by atoms with van der Waals surface area (Å²) in [5, 5.41) is 0. The number of hydrogen-bond donors (Lipinski definition) is 1. The molecule has 92 valence electrons. The van der Waals surface area contributed by atoms with Gasteiger partial charge in [-0.3, -0.25) is 9.78 Å². The fourth-order valence-corrected chi connectivity index (χ4v) is 2.18.